The van der Waals surface area contributed by atoms with Gasteiger partial charge in [-0.15, -0.1) is 0 Å². The Morgan fingerprint density at radius 3 is 2.56 bits per heavy atom. The molecule has 0 heterocycles. The third kappa shape index (κ3) is 2.57. The third-order valence-electron chi connectivity index (χ3n) is 2.58. The van der Waals surface area contributed by atoms with E-state index in [2.05, 4.69) is 0 Å². The number of hydrogen-bond donors (Lipinski definition) is 2. The molecule has 0 amide bonds. The van der Waals surface area contributed by atoms with Gasteiger partial charge in [0.1, 0.15) is 0 Å². The van der Waals surface area contributed by atoms with Crippen molar-refractivity contribution >= 4 is 6.08 Å². The fraction of sp³-hybridized carbons (Fsp3) is 0.0769. The van der Waals surface area contributed by atoms with Crippen molar-refractivity contribution in [2.24, 2.45) is 0 Å². The molecule has 5 heteroatoms. The van der Waals surface area contributed by atoms with Crippen LogP contribution in [0.4, 0.5) is 0 Å². The van der Waals surface area contributed by atoms with Gasteiger partial charge in [-0.2, -0.15) is 0 Å². The van der Waals surface area contributed by atoms with Crippen LogP contribution < -0.4 is 0 Å². The summed E-state index contributed by atoms with van der Waals surface area (Å²) in [5.74, 6) is -0.363. The SMILES string of the molecule is O=[N+]([O-])C1=CCC(=Cc2ccc(O)c(O)c2)C=C1. The maximum absolute atomic E-state index is 10.5. The number of hydrogen-bond acceptors (Lipinski definition) is 4. The second kappa shape index (κ2) is 4.75. The van der Waals surface area contributed by atoms with E-state index in [-0.39, 0.29) is 17.2 Å². The van der Waals surface area contributed by atoms with Crippen LogP contribution >= 0.6 is 0 Å². The van der Waals surface area contributed by atoms with Gasteiger partial charge in [0.25, 0.3) is 5.70 Å². The van der Waals surface area contributed by atoms with Gasteiger partial charge in [-0.25, -0.2) is 0 Å². The van der Waals surface area contributed by atoms with Crippen LogP contribution in [0.1, 0.15) is 12.0 Å². The highest BCUT2D eigenvalue weighted by molar-refractivity contribution is 5.60. The molecule has 92 valence electrons. The average molecular weight is 245 g/mol. The highest BCUT2D eigenvalue weighted by Crippen LogP contribution is 2.27. The molecular weight excluding hydrogens is 234 g/mol. The van der Waals surface area contributed by atoms with Crippen LogP contribution in [0.15, 0.2) is 47.7 Å². The topological polar surface area (TPSA) is 83.6 Å². The van der Waals surface area contributed by atoms with Gasteiger partial charge < -0.3 is 10.2 Å². The Morgan fingerprint density at radius 2 is 2.00 bits per heavy atom. The quantitative estimate of drug-likeness (QED) is 0.476. The highest BCUT2D eigenvalue weighted by Gasteiger charge is 2.10. The van der Waals surface area contributed by atoms with E-state index in [9.17, 15) is 20.3 Å². The zero-order valence-corrected chi connectivity index (χ0v) is 9.41. The van der Waals surface area contributed by atoms with E-state index in [0.717, 1.165) is 11.1 Å². The summed E-state index contributed by atoms with van der Waals surface area (Å²) < 4.78 is 0. The highest BCUT2D eigenvalue weighted by atomic mass is 16.6. The smallest absolute Gasteiger partial charge is 0.265 e. The second-order valence-electron chi connectivity index (χ2n) is 3.89. The number of nitro groups is 1. The number of rotatable bonds is 2. The fourth-order valence-electron chi connectivity index (χ4n) is 1.64. The van der Waals surface area contributed by atoms with Crippen LogP contribution in [0.25, 0.3) is 6.08 Å². The predicted octanol–water partition coefficient (Wildman–Crippen LogP) is 2.60. The van der Waals surface area contributed by atoms with Crippen LogP contribution in [0.3, 0.4) is 0 Å². The van der Waals surface area contributed by atoms with Crippen LogP contribution in [-0.4, -0.2) is 15.1 Å². The van der Waals surface area contributed by atoms with Crippen molar-refractivity contribution in [1.29, 1.82) is 0 Å². The maximum Gasteiger partial charge on any atom is 0.265 e. The molecule has 2 rings (SSSR count). The zero-order valence-electron chi connectivity index (χ0n) is 9.41. The summed E-state index contributed by atoms with van der Waals surface area (Å²) in [6.07, 6.45) is 6.90. The van der Waals surface area contributed by atoms with Gasteiger partial charge in [0.2, 0.25) is 0 Å². The lowest BCUT2D eigenvalue weighted by Crippen LogP contribution is -1.98. The van der Waals surface area contributed by atoms with Crippen LogP contribution in [0, 0.1) is 10.1 Å². The normalized spacial score (nSPS) is 16.7. The monoisotopic (exact) mass is 245 g/mol. The number of phenols is 2. The lowest BCUT2D eigenvalue weighted by molar-refractivity contribution is -0.419. The van der Waals surface area contributed by atoms with Crippen LogP contribution in [0.5, 0.6) is 11.5 Å². The van der Waals surface area contributed by atoms with Crippen molar-refractivity contribution < 1.29 is 15.1 Å². The van der Waals surface area contributed by atoms with E-state index in [1.165, 1.54) is 24.3 Å². The van der Waals surface area contributed by atoms with Crippen molar-refractivity contribution in [2.75, 3.05) is 0 Å². The number of allylic oxidation sites excluding steroid dienone is 4. The molecule has 0 spiro atoms. The molecule has 1 aliphatic rings. The molecule has 0 radical (unpaired) electrons. The lowest BCUT2D eigenvalue weighted by Gasteiger charge is -2.04. The zero-order chi connectivity index (χ0) is 13.1. The molecule has 0 aliphatic heterocycles. The van der Waals surface area contributed by atoms with Gasteiger partial charge in [-0.1, -0.05) is 18.2 Å². The lowest BCUT2D eigenvalue weighted by atomic mass is 10.0. The summed E-state index contributed by atoms with van der Waals surface area (Å²) in [4.78, 5) is 10.1. The Labute approximate surface area is 103 Å². The van der Waals surface area contributed by atoms with Crippen molar-refractivity contribution in [3.8, 4) is 11.5 Å². The van der Waals surface area contributed by atoms with Gasteiger partial charge in [-0.05, 0) is 35.8 Å². The first-order valence-corrected chi connectivity index (χ1v) is 5.31. The number of phenolic OH excluding ortho intramolecular Hbond substituents is 2. The minimum Gasteiger partial charge on any atom is -0.504 e. The molecular formula is C13H11NO4. The number of aromatic hydroxyl groups is 2. The van der Waals surface area contributed by atoms with E-state index in [1.54, 1.807) is 18.2 Å². The van der Waals surface area contributed by atoms with Gasteiger partial charge in [0.15, 0.2) is 11.5 Å². The van der Waals surface area contributed by atoms with E-state index in [1.807, 2.05) is 0 Å². The molecule has 0 saturated heterocycles. The Bertz CT molecular complexity index is 585. The summed E-state index contributed by atoms with van der Waals surface area (Å²) in [6.45, 7) is 0. The first-order valence-electron chi connectivity index (χ1n) is 5.31. The predicted molar refractivity (Wildman–Crippen MR) is 66.6 cm³/mol. The molecule has 0 unspecified atom stereocenters. The van der Waals surface area contributed by atoms with E-state index in [4.69, 9.17) is 0 Å². The largest absolute Gasteiger partial charge is 0.504 e. The van der Waals surface area contributed by atoms with Crippen molar-refractivity contribution in [3.63, 3.8) is 0 Å². The van der Waals surface area contributed by atoms with Crippen molar-refractivity contribution in [1.82, 2.24) is 0 Å². The summed E-state index contributed by atoms with van der Waals surface area (Å²) in [7, 11) is 0. The van der Waals surface area contributed by atoms with Gasteiger partial charge in [-0.3, -0.25) is 10.1 Å². The first-order chi connectivity index (χ1) is 8.56. The molecule has 0 aromatic heterocycles. The molecule has 2 N–H and O–H groups in total. The molecule has 5 nitrogen and oxygen atoms in total. The van der Waals surface area contributed by atoms with E-state index < -0.39 is 4.92 Å². The number of nitrogens with zero attached hydrogens (tertiary/aromatic N) is 1. The summed E-state index contributed by atoms with van der Waals surface area (Å²) in [6, 6.07) is 4.48. The Balaban J connectivity index is 2.19. The standard InChI is InChI=1S/C13H11NO4/c15-12-6-3-10(8-13(12)16)7-9-1-4-11(5-2-9)14(17)18/h1,3-8,15-16H,2H2. The summed E-state index contributed by atoms with van der Waals surface area (Å²) in [5.41, 5.74) is 1.70. The molecule has 0 fully saturated rings. The Kier molecular flexibility index (Phi) is 3.14. The van der Waals surface area contributed by atoms with Gasteiger partial charge in [0, 0.05) is 6.08 Å². The number of benzene rings is 1. The summed E-state index contributed by atoms with van der Waals surface area (Å²) >= 11 is 0. The van der Waals surface area contributed by atoms with E-state index in [0.29, 0.717) is 6.42 Å². The molecule has 1 aromatic carbocycles. The first kappa shape index (κ1) is 11.9. The Morgan fingerprint density at radius 1 is 1.22 bits per heavy atom. The third-order valence-corrected chi connectivity index (χ3v) is 2.58. The molecule has 1 aliphatic carbocycles. The molecule has 0 saturated carbocycles. The minimum atomic E-state index is -0.431. The maximum atomic E-state index is 10.5. The van der Waals surface area contributed by atoms with Gasteiger partial charge in [0.05, 0.1) is 4.92 Å². The van der Waals surface area contributed by atoms with Crippen LogP contribution in [0.2, 0.25) is 0 Å². The van der Waals surface area contributed by atoms with Crippen molar-refractivity contribution in [3.05, 3.63) is 63.4 Å². The Hall–Kier alpha value is -2.56. The fourth-order valence-corrected chi connectivity index (χ4v) is 1.64. The molecule has 0 bridgehead atoms. The minimum absolute atomic E-state index is 0.0840. The van der Waals surface area contributed by atoms with E-state index >= 15 is 0 Å². The molecule has 18 heavy (non-hydrogen) atoms. The second-order valence-corrected chi connectivity index (χ2v) is 3.89. The molecule has 1 aromatic rings. The summed E-state index contributed by atoms with van der Waals surface area (Å²) in [5, 5.41) is 29.0. The average Bonchev–Trinajstić information content (AvgIpc) is 2.34. The molecule has 0 atom stereocenters. The van der Waals surface area contributed by atoms with Gasteiger partial charge >= 0.3 is 0 Å². The van der Waals surface area contributed by atoms with Crippen LogP contribution in [-0.2, 0) is 0 Å². The van der Waals surface area contributed by atoms with Crippen molar-refractivity contribution in [2.45, 2.75) is 6.42 Å².